The van der Waals surface area contributed by atoms with E-state index in [1.54, 1.807) is 0 Å². The Morgan fingerprint density at radius 1 is 1.33 bits per heavy atom. The van der Waals surface area contributed by atoms with Crippen molar-refractivity contribution in [1.29, 1.82) is 0 Å². The zero-order valence-electron chi connectivity index (χ0n) is 14.2. The summed E-state index contributed by atoms with van der Waals surface area (Å²) >= 11 is 0. The van der Waals surface area contributed by atoms with E-state index in [-0.39, 0.29) is 5.54 Å². The second-order valence-corrected chi connectivity index (χ2v) is 6.58. The molecule has 1 aliphatic heterocycles. The molecule has 2 atom stereocenters. The first-order valence-electron chi connectivity index (χ1n) is 8.56. The lowest BCUT2D eigenvalue weighted by Gasteiger charge is -2.45. The number of likely N-dealkylation sites (N-methyl/N-ethyl adjacent to an activating group) is 1. The Morgan fingerprint density at radius 2 is 2.05 bits per heavy atom. The van der Waals surface area contributed by atoms with Gasteiger partial charge in [-0.25, -0.2) is 0 Å². The van der Waals surface area contributed by atoms with Crippen LogP contribution in [0.2, 0.25) is 0 Å². The summed E-state index contributed by atoms with van der Waals surface area (Å²) in [6.45, 7) is 10.6. The van der Waals surface area contributed by atoms with Crippen molar-refractivity contribution in [2.45, 2.75) is 64.5 Å². The highest BCUT2D eigenvalue weighted by Gasteiger charge is 2.38. The van der Waals surface area contributed by atoms with E-state index in [1.807, 2.05) is 17.9 Å². The first kappa shape index (κ1) is 16.5. The van der Waals surface area contributed by atoms with Crippen LogP contribution in [0.15, 0.2) is 12.4 Å². The van der Waals surface area contributed by atoms with Gasteiger partial charge < -0.3 is 5.32 Å². The Balaban J connectivity index is 2.04. The Morgan fingerprint density at radius 3 is 2.57 bits per heavy atom. The van der Waals surface area contributed by atoms with Gasteiger partial charge in [0, 0.05) is 24.8 Å². The highest BCUT2D eigenvalue weighted by atomic mass is 15.2. The van der Waals surface area contributed by atoms with Crippen LogP contribution in [0, 0.1) is 0 Å². The van der Waals surface area contributed by atoms with Crippen molar-refractivity contribution in [3.05, 3.63) is 18.0 Å². The van der Waals surface area contributed by atoms with Crippen molar-refractivity contribution in [2.75, 3.05) is 19.6 Å². The number of aromatic nitrogens is 2. The molecule has 2 heterocycles. The zero-order chi connectivity index (χ0) is 15.3. The van der Waals surface area contributed by atoms with Crippen molar-refractivity contribution in [3.63, 3.8) is 0 Å². The molecule has 0 aromatic carbocycles. The molecule has 1 aromatic rings. The van der Waals surface area contributed by atoms with Crippen LogP contribution in [0.3, 0.4) is 0 Å². The van der Waals surface area contributed by atoms with E-state index >= 15 is 0 Å². The van der Waals surface area contributed by atoms with Gasteiger partial charge in [-0.05, 0) is 64.2 Å². The van der Waals surface area contributed by atoms with Crippen molar-refractivity contribution >= 4 is 0 Å². The Labute approximate surface area is 129 Å². The predicted octanol–water partition coefficient (Wildman–Crippen LogP) is 2.60. The van der Waals surface area contributed by atoms with Crippen LogP contribution in [-0.2, 0) is 13.5 Å². The fraction of sp³-hybridized carbons (Fsp3) is 0.824. The van der Waals surface area contributed by atoms with Gasteiger partial charge in [0.2, 0.25) is 0 Å². The summed E-state index contributed by atoms with van der Waals surface area (Å²) in [6.07, 6.45) is 10.4. The number of rotatable bonds is 8. The van der Waals surface area contributed by atoms with Crippen LogP contribution >= 0.6 is 0 Å². The molecule has 2 rings (SSSR count). The maximum Gasteiger partial charge on any atom is 0.0521 e. The summed E-state index contributed by atoms with van der Waals surface area (Å²) in [5, 5.41) is 8.05. The summed E-state index contributed by atoms with van der Waals surface area (Å²) in [5.74, 6) is 0. The molecule has 2 unspecified atom stereocenters. The van der Waals surface area contributed by atoms with E-state index in [0.717, 1.165) is 13.0 Å². The van der Waals surface area contributed by atoms with Gasteiger partial charge >= 0.3 is 0 Å². The second kappa shape index (κ2) is 7.41. The summed E-state index contributed by atoms with van der Waals surface area (Å²) in [7, 11) is 1.99. The molecule has 0 aliphatic carbocycles. The van der Waals surface area contributed by atoms with Gasteiger partial charge in [0.1, 0.15) is 0 Å². The molecule has 1 fully saturated rings. The topological polar surface area (TPSA) is 33.1 Å². The summed E-state index contributed by atoms with van der Waals surface area (Å²) < 4.78 is 1.90. The van der Waals surface area contributed by atoms with Crippen LogP contribution in [0.25, 0.3) is 0 Å². The summed E-state index contributed by atoms with van der Waals surface area (Å²) in [4.78, 5) is 2.71. The molecule has 21 heavy (non-hydrogen) atoms. The van der Waals surface area contributed by atoms with E-state index in [0.29, 0.717) is 6.04 Å². The Kier molecular flexibility index (Phi) is 5.82. The molecule has 0 spiro atoms. The SMILES string of the molecule is CCNC(CCc1cnn(C)c1)C(C)(CC)N1CCCC1. The highest BCUT2D eigenvalue weighted by Crippen LogP contribution is 2.30. The number of hydrogen-bond donors (Lipinski definition) is 1. The van der Waals surface area contributed by atoms with Crippen molar-refractivity contribution in [1.82, 2.24) is 20.0 Å². The quantitative estimate of drug-likeness (QED) is 0.799. The number of hydrogen-bond acceptors (Lipinski definition) is 3. The van der Waals surface area contributed by atoms with E-state index in [1.165, 1.54) is 44.3 Å². The molecule has 0 radical (unpaired) electrons. The second-order valence-electron chi connectivity index (χ2n) is 6.58. The Hall–Kier alpha value is -0.870. The smallest absolute Gasteiger partial charge is 0.0521 e. The fourth-order valence-corrected chi connectivity index (χ4v) is 3.71. The molecule has 1 aliphatic rings. The number of nitrogens with zero attached hydrogens (tertiary/aromatic N) is 3. The van der Waals surface area contributed by atoms with Gasteiger partial charge in [0.25, 0.3) is 0 Å². The minimum absolute atomic E-state index is 0.273. The molecule has 1 saturated heterocycles. The van der Waals surface area contributed by atoms with Crippen LogP contribution < -0.4 is 5.32 Å². The van der Waals surface area contributed by atoms with E-state index in [2.05, 4.69) is 42.3 Å². The molecule has 120 valence electrons. The minimum atomic E-state index is 0.273. The summed E-state index contributed by atoms with van der Waals surface area (Å²) in [5.41, 5.74) is 1.62. The average molecular weight is 292 g/mol. The van der Waals surface area contributed by atoms with Gasteiger partial charge in [-0.1, -0.05) is 13.8 Å². The minimum Gasteiger partial charge on any atom is -0.312 e. The van der Waals surface area contributed by atoms with E-state index in [9.17, 15) is 0 Å². The monoisotopic (exact) mass is 292 g/mol. The number of nitrogens with one attached hydrogen (secondary N) is 1. The lowest BCUT2D eigenvalue weighted by Crippen LogP contribution is -2.58. The third-order valence-corrected chi connectivity index (χ3v) is 5.23. The normalized spacial score (nSPS) is 20.6. The average Bonchev–Trinajstić information content (AvgIpc) is 3.14. The van der Waals surface area contributed by atoms with Gasteiger partial charge in [-0.15, -0.1) is 0 Å². The van der Waals surface area contributed by atoms with Crippen LogP contribution in [0.1, 0.15) is 52.0 Å². The highest BCUT2D eigenvalue weighted by molar-refractivity contribution is 5.06. The fourth-order valence-electron chi connectivity index (χ4n) is 3.71. The number of likely N-dealkylation sites (tertiary alicyclic amines) is 1. The first-order chi connectivity index (χ1) is 10.1. The molecule has 4 nitrogen and oxygen atoms in total. The molecule has 1 aromatic heterocycles. The zero-order valence-corrected chi connectivity index (χ0v) is 14.2. The van der Waals surface area contributed by atoms with Gasteiger partial charge in [-0.3, -0.25) is 9.58 Å². The van der Waals surface area contributed by atoms with Crippen molar-refractivity contribution in [2.24, 2.45) is 7.05 Å². The van der Waals surface area contributed by atoms with Crippen molar-refractivity contribution < 1.29 is 0 Å². The lowest BCUT2D eigenvalue weighted by molar-refractivity contribution is 0.0811. The van der Waals surface area contributed by atoms with Gasteiger partial charge in [-0.2, -0.15) is 5.10 Å². The summed E-state index contributed by atoms with van der Waals surface area (Å²) in [6, 6.07) is 0.547. The third-order valence-electron chi connectivity index (χ3n) is 5.23. The number of aryl methyl sites for hydroxylation is 2. The molecule has 0 bridgehead atoms. The molecule has 0 amide bonds. The lowest BCUT2D eigenvalue weighted by atomic mass is 9.84. The molecule has 1 N–H and O–H groups in total. The van der Waals surface area contributed by atoms with E-state index < -0.39 is 0 Å². The largest absolute Gasteiger partial charge is 0.312 e. The van der Waals surface area contributed by atoms with Crippen LogP contribution in [0.5, 0.6) is 0 Å². The maximum absolute atomic E-state index is 4.29. The van der Waals surface area contributed by atoms with Crippen LogP contribution in [-0.4, -0.2) is 45.9 Å². The first-order valence-corrected chi connectivity index (χ1v) is 8.56. The third kappa shape index (κ3) is 3.86. The molecule has 0 saturated carbocycles. The molecular weight excluding hydrogens is 260 g/mol. The standard InChI is InChI=1S/C17H32N4/c1-5-17(3,21-11-7-8-12-21)16(18-6-2)10-9-15-13-19-20(4)14-15/h13-14,16,18H,5-12H2,1-4H3. The van der Waals surface area contributed by atoms with Gasteiger partial charge in [0.15, 0.2) is 0 Å². The molecular formula is C17H32N4. The van der Waals surface area contributed by atoms with Crippen molar-refractivity contribution in [3.8, 4) is 0 Å². The van der Waals surface area contributed by atoms with Crippen LogP contribution in [0.4, 0.5) is 0 Å². The Bertz CT molecular complexity index is 422. The van der Waals surface area contributed by atoms with Gasteiger partial charge in [0.05, 0.1) is 6.20 Å². The predicted molar refractivity (Wildman–Crippen MR) is 88.5 cm³/mol. The molecule has 4 heteroatoms. The maximum atomic E-state index is 4.29. The van der Waals surface area contributed by atoms with E-state index in [4.69, 9.17) is 0 Å².